The van der Waals surface area contributed by atoms with Gasteiger partial charge in [0, 0.05) is 13.2 Å². The van der Waals surface area contributed by atoms with Crippen LogP contribution in [0.5, 0.6) is 0 Å². The molecule has 98 valence electrons. The molecule has 1 rings (SSSR count). The highest BCUT2D eigenvalue weighted by Gasteiger charge is 2.28. The van der Waals surface area contributed by atoms with Crippen LogP contribution in [0.1, 0.15) is 34.1 Å². The van der Waals surface area contributed by atoms with Gasteiger partial charge >= 0.3 is 6.09 Å². The number of Topliss-reactive ketones (excluding diaryl/α,β-unsaturated/α-hetero) is 1. The predicted octanol–water partition coefficient (Wildman–Crippen LogP) is 1.60. The number of nitrogens with zero attached hydrogens (tertiary/aromatic N) is 1. The number of ketones is 1. The Morgan fingerprint density at radius 1 is 1.35 bits per heavy atom. The van der Waals surface area contributed by atoms with Crippen molar-refractivity contribution in [1.82, 2.24) is 4.90 Å². The van der Waals surface area contributed by atoms with E-state index in [1.165, 1.54) is 6.92 Å². The molecule has 0 aromatic rings. The van der Waals surface area contributed by atoms with E-state index >= 15 is 0 Å². The van der Waals surface area contributed by atoms with E-state index in [9.17, 15) is 9.59 Å². The molecule has 1 heterocycles. The molecule has 0 aromatic carbocycles. The second-order valence-electron chi connectivity index (χ2n) is 5.25. The summed E-state index contributed by atoms with van der Waals surface area (Å²) >= 11 is 0. The lowest BCUT2D eigenvalue weighted by Crippen LogP contribution is -2.42. The first-order valence-electron chi connectivity index (χ1n) is 5.89. The Morgan fingerprint density at radius 2 is 2.00 bits per heavy atom. The fourth-order valence-corrected chi connectivity index (χ4v) is 1.56. The molecule has 1 atom stereocenters. The van der Waals surface area contributed by atoms with Gasteiger partial charge < -0.3 is 14.4 Å². The zero-order valence-electron chi connectivity index (χ0n) is 11.0. The van der Waals surface area contributed by atoms with Crippen molar-refractivity contribution < 1.29 is 19.1 Å². The van der Waals surface area contributed by atoms with Crippen molar-refractivity contribution in [3.63, 3.8) is 0 Å². The van der Waals surface area contributed by atoms with E-state index in [2.05, 4.69) is 0 Å². The number of amides is 1. The van der Waals surface area contributed by atoms with Crippen LogP contribution in [0.15, 0.2) is 0 Å². The lowest BCUT2D eigenvalue weighted by atomic mass is 10.2. The smallest absolute Gasteiger partial charge is 0.410 e. The summed E-state index contributed by atoms with van der Waals surface area (Å²) in [5.41, 5.74) is -0.518. The molecule has 1 saturated heterocycles. The molecule has 5 nitrogen and oxygen atoms in total. The molecule has 0 N–H and O–H groups in total. The van der Waals surface area contributed by atoms with Gasteiger partial charge in [-0.2, -0.15) is 0 Å². The quantitative estimate of drug-likeness (QED) is 0.702. The normalized spacial score (nSPS) is 21.9. The van der Waals surface area contributed by atoms with Crippen molar-refractivity contribution in [2.24, 2.45) is 0 Å². The first-order chi connectivity index (χ1) is 7.79. The number of carbonyl (C=O) groups is 2. The number of rotatable bonds is 1. The summed E-state index contributed by atoms with van der Waals surface area (Å²) in [5.74, 6) is -0.0551. The van der Waals surface area contributed by atoms with E-state index in [1.54, 1.807) is 4.90 Å². The van der Waals surface area contributed by atoms with Gasteiger partial charge in [0.25, 0.3) is 0 Å². The minimum atomic E-state index is -0.523. The van der Waals surface area contributed by atoms with Gasteiger partial charge in [-0.25, -0.2) is 4.79 Å². The molecule has 0 radical (unpaired) electrons. The molecular formula is C12H21NO4. The van der Waals surface area contributed by atoms with E-state index in [0.717, 1.165) is 6.42 Å². The summed E-state index contributed by atoms with van der Waals surface area (Å²) in [6, 6.07) is 0. The monoisotopic (exact) mass is 243 g/mol. The Bertz CT molecular complexity index is 295. The van der Waals surface area contributed by atoms with Crippen molar-refractivity contribution in [1.29, 1.82) is 0 Å². The third-order valence-electron chi connectivity index (χ3n) is 2.38. The maximum atomic E-state index is 11.9. The van der Waals surface area contributed by atoms with Gasteiger partial charge in [0.2, 0.25) is 0 Å². The van der Waals surface area contributed by atoms with Gasteiger partial charge in [-0.3, -0.25) is 4.79 Å². The fraction of sp³-hybridized carbons (Fsp3) is 0.833. The Kier molecular flexibility index (Phi) is 4.51. The van der Waals surface area contributed by atoms with Crippen LogP contribution in [-0.4, -0.2) is 48.2 Å². The second kappa shape index (κ2) is 5.49. The molecule has 1 aliphatic heterocycles. The third-order valence-corrected chi connectivity index (χ3v) is 2.38. The topological polar surface area (TPSA) is 55.8 Å². The Balaban J connectivity index is 2.62. The molecule has 1 unspecified atom stereocenters. The summed E-state index contributed by atoms with van der Waals surface area (Å²) in [7, 11) is 0. The van der Waals surface area contributed by atoms with E-state index in [1.807, 2.05) is 20.8 Å². The van der Waals surface area contributed by atoms with Gasteiger partial charge in [0.1, 0.15) is 11.7 Å². The molecule has 0 aromatic heterocycles. The molecule has 0 bridgehead atoms. The van der Waals surface area contributed by atoms with Crippen LogP contribution >= 0.6 is 0 Å². The number of ether oxygens (including phenoxy) is 2. The van der Waals surface area contributed by atoms with E-state index in [0.29, 0.717) is 13.2 Å². The summed E-state index contributed by atoms with van der Waals surface area (Å²) in [6.07, 6.45) is -0.178. The van der Waals surface area contributed by atoms with Crippen LogP contribution in [0.4, 0.5) is 4.79 Å². The van der Waals surface area contributed by atoms with Gasteiger partial charge in [0.05, 0.1) is 6.54 Å². The van der Waals surface area contributed by atoms with Crippen LogP contribution < -0.4 is 0 Å². The highest BCUT2D eigenvalue weighted by Crippen LogP contribution is 2.13. The van der Waals surface area contributed by atoms with E-state index < -0.39 is 11.7 Å². The molecule has 1 aliphatic rings. The Morgan fingerprint density at radius 3 is 2.53 bits per heavy atom. The van der Waals surface area contributed by atoms with Crippen LogP contribution in [0.3, 0.4) is 0 Å². The van der Waals surface area contributed by atoms with Gasteiger partial charge in [-0.15, -0.1) is 0 Å². The molecule has 1 fully saturated rings. The summed E-state index contributed by atoms with van der Waals surface area (Å²) in [5, 5.41) is 0. The molecule has 0 saturated carbocycles. The van der Waals surface area contributed by atoms with E-state index in [-0.39, 0.29) is 18.4 Å². The standard InChI is InChI=1S/C12H21NO4/c1-9(14)10-8-13(6-5-7-16-10)11(15)17-12(2,3)4/h10H,5-8H2,1-4H3. The minimum Gasteiger partial charge on any atom is -0.444 e. The van der Waals surface area contributed by atoms with Crippen molar-refractivity contribution in [2.75, 3.05) is 19.7 Å². The number of hydrogen-bond donors (Lipinski definition) is 0. The minimum absolute atomic E-state index is 0.0551. The zero-order valence-corrected chi connectivity index (χ0v) is 11.0. The average Bonchev–Trinajstić information content (AvgIpc) is 2.39. The number of carbonyl (C=O) groups excluding carboxylic acids is 2. The molecule has 0 aliphatic carbocycles. The third kappa shape index (κ3) is 4.73. The largest absolute Gasteiger partial charge is 0.444 e. The van der Waals surface area contributed by atoms with Crippen molar-refractivity contribution in [3.8, 4) is 0 Å². The lowest BCUT2D eigenvalue weighted by molar-refractivity contribution is -0.128. The molecular weight excluding hydrogens is 222 g/mol. The summed E-state index contributed by atoms with van der Waals surface area (Å²) in [4.78, 5) is 24.7. The Labute approximate surface area is 102 Å². The molecule has 5 heteroatoms. The van der Waals surface area contributed by atoms with Crippen LogP contribution in [-0.2, 0) is 14.3 Å². The van der Waals surface area contributed by atoms with E-state index in [4.69, 9.17) is 9.47 Å². The van der Waals surface area contributed by atoms with Gasteiger partial charge in [-0.1, -0.05) is 0 Å². The lowest BCUT2D eigenvalue weighted by Gasteiger charge is -2.27. The maximum Gasteiger partial charge on any atom is 0.410 e. The van der Waals surface area contributed by atoms with Crippen LogP contribution in [0.25, 0.3) is 0 Å². The second-order valence-corrected chi connectivity index (χ2v) is 5.25. The molecule has 0 spiro atoms. The molecule has 1 amide bonds. The average molecular weight is 243 g/mol. The van der Waals surface area contributed by atoms with Crippen molar-refractivity contribution >= 4 is 11.9 Å². The molecule has 17 heavy (non-hydrogen) atoms. The fourth-order valence-electron chi connectivity index (χ4n) is 1.56. The first-order valence-corrected chi connectivity index (χ1v) is 5.89. The number of hydrogen-bond acceptors (Lipinski definition) is 4. The SMILES string of the molecule is CC(=O)C1CN(C(=O)OC(C)(C)C)CCCO1. The zero-order chi connectivity index (χ0) is 13.1. The van der Waals surface area contributed by atoms with Gasteiger partial charge in [-0.05, 0) is 34.1 Å². The van der Waals surface area contributed by atoms with Crippen molar-refractivity contribution in [2.45, 2.75) is 45.8 Å². The Hall–Kier alpha value is -1.10. The predicted molar refractivity (Wildman–Crippen MR) is 62.8 cm³/mol. The van der Waals surface area contributed by atoms with Gasteiger partial charge in [0.15, 0.2) is 5.78 Å². The highest BCUT2D eigenvalue weighted by molar-refractivity contribution is 5.81. The first kappa shape index (κ1) is 14.0. The maximum absolute atomic E-state index is 11.9. The summed E-state index contributed by atoms with van der Waals surface area (Å²) < 4.78 is 10.7. The van der Waals surface area contributed by atoms with Crippen LogP contribution in [0.2, 0.25) is 0 Å². The summed E-state index contributed by atoms with van der Waals surface area (Å²) in [6.45, 7) is 8.29. The van der Waals surface area contributed by atoms with Crippen molar-refractivity contribution in [3.05, 3.63) is 0 Å². The van der Waals surface area contributed by atoms with Crippen LogP contribution in [0, 0.1) is 0 Å². The highest BCUT2D eigenvalue weighted by atomic mass is 16.6.